The molecule has 0 aliphatic carbocycles. The summed E-state index contributed by atoms with van der Waals surface area (Å²) in [5, 5.41) is 4.40. The van der Waals surface area contributed by atoms with Gasteiger partial charge >= 0.3 is 0 Å². The van der Waals surface area contributed by atoms with Crippen LogP contribution in [0.3, 0.4) is 0 Å². The van der Waals surface area contributed by atoms with Crippen molar-refractivity contribution < 1.29 is 9.15 Å². The van der Waals surface area contributed by atoms with Crippen LogP contribution in [0, 0.1) is 13.8 Å². The molecule has 3 aromatic rings. The largest absolute Gasteiger partial charge is 0.497 e. The van der Waals surface area contributed by atoms with E-state index in [2.05, 4.69) is 22.2 Å². The van der Waals surface area contributed by atoms with Crippen LogP contribution in [0.4, 0.5) is 5.82 Å². The number of nitrogens with zero attached hydrogens (tertiary/aromatic N) is 2. The minimum absolute atomic E-state index is 0.00510. The summed E-state index contributed by atoms with van der Waals surface area (Å²) in [7, 11) is 1.66. The maximum atomic E-state index is 6.00. The first kappa shape index (κ1) is 14.4. The number of anilines is 1. The molecule has 0 radical (unpaired) electrons. The van der Waals surface area contributed by atoms with Crippen molar-refractivity contribution in [1.82, 2.24) is 9.97 Å². The van der Waals surface area contributed by atoms with Crippen molar-refractivity contribution in [3.05, 3.63) is 47.6 Å². The minimum atomic E-state index is -0.00510. The van der Waals surface area contributed by atoms with Crippen molar-refractivity contribution in [2.24, 2.45) is 0 Å². The summed E-state index contributed by atoms with van der Waals surface area (Å²) >= 11 is 0. The van der Waals surface area contributed by atoms with Gasteiger partial charge in [-0.05, 0) is 39.0 Å². The smallest absolute Gasteiger partial charge is 0.145 e. The predicted octanol–water partition coefficient (Wildman–Crippen LogP) is 4.02. The summed E-state index contributed by atoms with van der Waals surface area (Å²) in [5.41, 5.74) is 2.84. The molecule has 5 nitrogen and oxygen atoms in total. The van der Waals surface area contributed by atoms with E-state index in [9.17, 15) is 0 Å². The van der Waals surface area contributed by atoms with Gasteiger partial charge < -0.3 is 14.5 Å². The van der Waals surface area contributed by atoms with Gasteiger partial charge in [0.1, 0.15) is 22.9 Å². The Bertz CT molecular complexity index is 811. The lowest BCUT2D eigenvalue weighted by molar-refractivity contribution is 0.415. The molecular weight excluding hydrogens is 278 g/mol. The number of rotatable bonds is 4. The van der Waals surface area contributed by atoms with Crippen LogP contribution in [0.25, 0.3) is 11.0 Å². The maximum absolute atomic E-state index is 6.00. The summed E-state index contributed by atoms with van der Waals surface area (Å²) in [4.78, 5) is 8.56. The fraction of sp³-hybridized carbons (Fsp3) is 0.294. The highest BCUT2D eigenvalue weighted by molar-refractivity contribution is 5.83. The van der Waals surface area contributed by atoms with Crippen LogP contribution in [0.1, 0.15) is 30.0 Å². The minimum Gasteiger partial charge on any atom is -0.497 e. The normalized spacial score (nSPS) is 12.4. The van der Waals surface area contributed by atoms with Gasteiger partial charge in [-0.1, -0.05) is 0 Å². The Morgan fingerprint density at radius 1 is 1.23 bits per heavy atom. The van der Waals surface area contributed by atoms with Gasteiger partial charge in [0.05, 0.1) is 25.0 Å². The van der Waals surface area contributed by atoms with E-state index >= 15 is 0 Å². The van der Waals surface area contributed by atoms with Gasteiger partial charge in [0, 0.05) is 17.1 Å². The Morgan fingerprint density at radius 3 is 2.77 bits per heavy atom. The maximum Gasteiger partial charge on any atom is 0.145 e. The molecule has 0 aliphatic heterocycles. The molecule has 0 amide bonds. The third-order valence-electron chi connectivity index (χ3n) is 3.69. The third kappa shape index (κ3) is 2.62. The van der Waals surface area contributed by atoms with E-state index in [4.69, 9.17) is 9.15 Å². The molecule has 2 aromatic heterocycles. The molecule has 0 fully saturated rings. The highest BCUT2D eigenvalue weighted by Crippen LogP contribution is 2.32. The zero-order chi connectivity index (χ0) is 15.7. The Balaban J connectivity index is 1.93. The van der Waals surface area contributed by atoms with Crippen LogP contribution in [0.5, 0.6) is 5.75 Å². The van der Waals surface area contributed by atoms with E-state index in [1.165, 1.54) is 0 Å². The standard InChI is InChI=1S/C17H19N3O2/c1-10-8-18-9-16(19-10)20-12(3)17-11(2)14-7-13(21-4)5-6-15(14)22-17/h5-9,12H,1-4H3,(H,19,20). The lowest BCUT2D eigenvalue weighted by Gasteiger charge is -2.13. The fourth-order valence-electron chi connectivity index (χ4n) is 2.58. The lowest BCUT2D eigenvalue weighted by Crippen LogP contribution is -2.08. The number of aryl methyl sites for hydroxylation is 2. The summed E-state index contributed by atoms with van der Waals surface area (Å²) < 4.78 is 11.3. The molecule has 0 aliphatic rings. The average Bonchev–Trinajstić information content (AvgIpc) is 2.84. The monoisotopic (exact) mass is 297 g/mol. The topological polar surface area (TPSA) is 60.2 Å². The van der Waals surface area contributed by atoms with Crippen molar-refractivity contribution in [2.75, 3.05) is 12.4 Å². The van der Waals surface area contributed by atoms with Crippen molar-refractivity contribution in [3.8, 4) is 5.75 Å². The summed E-state index contributed by atoms with van der Waals surface area (Å²) in [6.45, 7) is 6.02. The highest BCUT2D eigenvalue weighted by atomic mass is 16.5. The molecule has 114 valence electrons. The van der Waals surface area contributed by atoms with E-state index in [1.807, 2.05) is 32.0 Å². The first-order valence-corrected chi connectivity index (χ1v) is 7.20. The number of furan rings is 1. The summed E-state index contributed by atoms with van der Waals surface area (Å²) in [5.74, 6) is 2.46. The zero-order valence-corrected chi connectivity index (χ0v) is 13.2. The molecule has 0 saturated heterocycles. The number of ether oxygens (including phenoxy) is 1. The van der Waals surface area contributed by atoms with Gasteiger partial charge in [0.15, 0.2) is 0 Å². The molecule has 1 atom stereocenters. The van der Waals surface area contributed by atoms with E-state index in [-0.39, 0.29) is 6.04 Å². The summed E-state index contributed by atoms with van der Waals surface area (Å²) in [6, 6.07) is 5.83. The molecule has 5 heteroatoms. The van der Waals surface area contributed by atoms with Crippen LogP contribution < -0.4 is 10.1 Å². The zero-order valence-electron chi connectivity index (χ0n) is 13.2. The number of fused-ring (bicyclic) bond motifs is 1. The quantitative estimate of drug-likeness (QED) is 0.788. The fourth-order valence-corrected chi connectivity index (χ4v) is 2.58. The number of hydrogen-bond acceptors (Lipinski definition) is 5. The third-order valence-corrected chi connectivity index (χ3v) is 3.69. The van der Waals surface area contributed by atoms with E-state index in [0.717, 1.165) is 39.6 Å². The summed E-state index contributed by atoms with van der Waals surface area (Å²) in [6.07, 6.45) is 3.44. The molecular formula is C17H19N3O2. The first-order chi connectivity index (χ1) is 10.6. The van der Waals surface area contributed by atoms with Crippen molar-refractivity contribution >= 4 is 16.8 Å². The predicted molar refractivity (Wildman–Crippen MR) is 86.3 cm³/mol. The Labute approximate surface area is 129 Å². The average molecular weight is 297 g/mol. The van der Waals surface area contributed by atoms with Crippen LogP contribution >= 0.6 is 0 Å². The Kier molecular flexibility index (Phi) is 3.71. The van der Waals surface area contributed by atoms with Crippen LogP contribution in [0.15, 0.2) is 35.0 Å². The van der Waals surface area contributed by atoms with Gasteiger partial charge in [-0.25, -0.2) is 4.98 Å². The van der Waals surface area contributed by atoms with Gasteiger partial charge in [-0.3, -0.25) is 4.98 Å². The van der Waals surface area contributed by atoms with Gasteiger partial charge in [0.25, 0.3) is 0 Å². The first-order valence-electron chi connectivity index (χ1n) is 7.20. The molecule has 22 heavy (non-hydrogen) atoms. The van der Waals surface area contributed by atoms with E-state index < -0.39 is 0 Å². The molecule has 0 bridgehead atoms. The molecule has 2 heterocycles. The van der Waals surface area contributed by atoms with Gasteiger partial charge in [0.2, 0.25) is 0 Å². The van der Waals surface area contributed by atoms with E-state index in [0.29, 0.717) is 0 Å². The molecule has 1 N–H and O–H groups in total. The lowest BCUT2D eigenvalue weighted by atomic mass is 10.1. The second-order valence-electron chi connectivity index (χ2n) is 5.37. The number of nitrogens with one attached hydrogen (secondary N) is 1. The second kappa shape index (κ2) is 5.67. The van der Waals surface area contributed by atoms with Crippen LogP contribution in [-0.2, 0) is 0 Å². The highest BCUT2D eigenvalue weighted by Gasteiger charge is 2.17. The second-order valence-corrected chi connectivity index (χ2v) is 5.37. The van der Waals surface area contributed by atoms with Gasteiger partial charge in [-0.15, -0.1) is 0 Å². The Morgan fingerprint density at radius 2 is 2.05 bits per heavy atom. The van der Waals surface area contributed by atoms with Crippen molar-refractivity contribution in [2.45, 2.75) is 26.8 Å². The number of benzene rings is 1. The van der Waals surface area contributed by atoms with Crippen molar-refractivity contribution in [3.63, 3.8) is 0 Å². The Hall–Kier alpha value is -2.56. The van der Waals surface area contributed by atoms with Crippen LogP contribution in [0.2, 0.25) is 0 Å². The molecule has 1 aromatic carbocycles. The number of hydrogen-bond donors (Lipinski definition) is 1. The SMILES string of the molecule is COc1ccc2oc(C(C)Nc3cncc(C)n3)c(C)c2c1. The van der Waals surface area contributed by atoms with E-state index in [1.54, 1.807) is 19.5 Å². The van der Waals surface area contributed by atoms with Gasteiger partial charge in [-0.2, -0.15) is 0 Å². The van der Waals surface area contributed by atoms with Crippen molar-refractivity contribution in [1.29, 1.82) is 0 Å². The number of methoxy groups -OCH3 is 1. The number of aromatic nitrogens is 2. The van der Waals surface area contributed by atoms with Crippen LogP contribution in [-0.4, -0.2) is 17.1 Å². The molecule has 0 spiro atoms. The molecule has 3 rings (SSSR count). The molecule has 0 saturated carbocycles. The molecule has 1 unspecified atom stereocenters.